The smallest absolute Gasteiger partial charge is 0.343 e. The van der Waals surface area contributed by atoms with Crippen LogP contribution in [0.25, 0.3) is 5.76 Å². The molecular weight excluding hydrogens is 883 g/mol. The molecule has 11 nitrogen and oxygen atoms in total. The van der Waals surface area contributed by atoms with Gasteiger partial charge in [-0.05, 0) is 66.3 Å². The third-order valence-corrected chi connectivity index (χ3v) is 9.88. The maximum Gasteiger partial charge on any atom is 0.343 e. The summed E-state index contributed by atoms with van der Waals surface area (Å²) >= 11 is 11.7. The minimum atomic E-state index is -0.915. The molecule has 0 unspecified atom stereocenters. The highest BCUT2D eigenvalue weighted by atomic mass is 35.5. The summed E-state index contributed by atoms with van der Waals surface area (Å²) in [6.07, 6.45) is 2.32. The zero-order chi connectivity index (χ0) is 47.8. The topological polar surface area (TPSA) is 144 Å². The molecule has 344 valence electrons. The van der Waals surface area contributed by atoms with Crippen LogP contribution in [0.1, 0.15) is 65.9 Å². The lowest BCUT2D eigenvalue weighted by molar-refractivity contribution is -0.138. The van der Waals surface area contributed by atoms with Gasteiger partial charge in [0.05, 0.1) is 61.3 Å². The van der Waals surface area contributed by atoms with E-state index in [1.807, 2.05) is 13.8 Å². The number of carbonyl (C=O) groups is 3. The molecule has 4 rings (SSSR count). The summed E-state index contributed by atoms with van der Waals surface area (Å²) in [7, 11) is 5.90. The van der Waals surface area contributed by atoms with E-state index in [1.54, 1.807) is 40.1 Å². The number of rotatable bonds is 18. The van der Waals surface area contributed by atoms with Crippen molar-refractivity contribution in [2.24, 2.45) is 10.9 Å². The van der Waals surface area contributed by atoms with Gasteiger partial charge >= 0.3 is 11.9 Å². The molecule has 0 radical (unpaired) electrons. The van der Waals surface area contributed by atoms with Crippen molar-refractivity contribution >= 4 is 52.9 Å². The maximum absolute atomic E-state index is 14.9. The van der Waals surface area contributed by atoms with Crippen LogP contribution in [0.15, 0.2) is 83.0 Å². The van der Waals surface area contributed by atoms with Crippen LogP contribution in [0.4, 0.5) is 17.6 Å². The van der Waals surface area contributed by atoms with E-state index in [0.717, 1.165) is 18.3 Å². The monoisotopic (exact) mass is 932 g/mol. The van der Waals surface area contributed by atoms with Crippen molar-refractivity contribution in [1.29, 1.82) is 0 Å². The number of Topliss-reactive ketones (excluding diaryl/α,β-unsaturated/α-hetero) is 1. The molecule has 0 aliphatic rings. The molecule has 0 heterocycles. The lowest BCUT2D eigenvalue weighted by atomic mass is 9.96. The van der Waals surface area contributed by atoms with Crippen LogP contribution in [-0.2, 0) is 31.9 Å². The van der Waals surface area contributed by atoms with Gasteiger partial charge in [0, 0.05) is 51.5 Å². The van der Waals surface area contributed by atoms with Crippen molar-refractivity contribution in [2.75, 3.05) is 48.1 Å². The van der Waals surface area contributed by atoms with Crippen LogP contribution in [-0.4, -0.2) is 93.2 Å². The molecule has 64 heavy (non-hydrogen) atoms. The number of benzene rings is 4. The second-order valence-corrected chi connectivity index (χ2v) is 15.2. The standard InChI is InChI=1S/C25H28ClF2NO5.C22H22ClF2NO4/c1-5-34-25(32)18(12-29-21(13-30)14(2)3)24(31)17-10-16(22(33-4)11-20(17)27)9-15-7-6-8-19(26)23(15)28;1-5-30-22(28)16(12-26(2)3)21(27)15-10-14(19(29-4)11-18(15)24)9-13-7-6-8-17(23)20(13)25/h6-8,10-12,14,21,30-31H,5,9,13H2,1-4H3;6-8,10-12H,5,9H2,1-4H3/t21-;/m1./s1. The van der Waals surface area contributed by atoms with E-state index in [2.05, 4.69) is 4.99 Å². The minimum absolute atomic E-state index is 0.00224. The summed E-state index contributed by atoms with van der Waals surface area (Å²) in [4.78, 5) is 43.4. The number of aliphatic imine (C=N–C) groups is 1. The van der Waals surface area contributed by atoms with Crippen LogP contribution in [0.5, 0.6) is 11.5 Å². The first-order valence-electron chi connectivity index (χ1n) is 19.8. The van der Waals surface area contributed by atoms with Gasteiger partial charge in [-0.25, -0.2) is 27.2 Å². The van der Waals surface area contributed by atoms with Gasteiger partial charge in [-0.2, -0.15) is 0 Å². The highest BCUT2D eigenvalue weighted by molar-refractivity contribution is 6.31. The van der Waals surface area contributed by atoms with Crippen molar-refractivity contribution < 1.29 is 61.1 Å². The number of hydrogen-bond donors (Lipinski definition) is 2. The lowest BCUT2D eigenvalue weighted by Crippen LogP contribution is -2.20. The summed E-state index contributed by atoms with van der Waals surface area (Å²) in [6.45, 7) is 6.63. The largest absolute Gasteiger partial charge is 0.506 e. The highest BCUT2D eigenvalue weighted by Crippen LogP contribution is 2.32. The SMILES string of the molecule is CCOC(=O)C(=CN(C)C)C(=O)c1cc(Cc2cccc(Cl)c2F)c(OC)cc1F.CCOC(=O)C(C=N[C@H](CO)C(C)C)=C(O)c1cc(Cc2cccc(Cl)c2F)c(OC)cc1F. The van der Waals surface area contributed by atoms with Gasteiger partial charge in [0.15, 0.2) is 0 Å². The number of hydrogen-bond acceptors (Lipinski definition) is 11. The van der Waals surface area contributed by atoms with Gasteiger partial charge < -0.3 is 34.1 Å². The van der Waals surface area contributed by atoms with Gasteiger partial charge in [0.25, 0.3) is 0 Å². The molecule has 2 N–H and O–H groups in total. The van der Waals surface area contributed by atoms with Crippen molar-refractivity contribution in [3.63, 3.8) is 0 Å². The second-order valence-electron chi connectivity index (χ2n) is 14.4. The van der Waals surface area contributed by atoms with E-state index in [9.17, 15) is 42.2 Å². The molecule has 1 atom stereocenters. The quantitative estimate of drug-likeness (QED) is 0.0145. The minimum Gasteiger partial charge on any atom is -0.506 e. The van der Waals surface area contributed by atoms with E-state index in [0.29, 0.717) is 11.1 Å². The second kappa shape index (κ2) is 24.8. The number of halogens is 6. The molecule has 0 aliphatic heterocycles. The molecule has 17 heteroatoms. The Labute approximate surface area is 379 Å². The first-order valence-corrected chi connectivity index (χ1v) is 20.5. The maximum atomic E-state index is 14.9. The normalized spacial score (nSPS) is 12.3. The fraction of sp³-hybridized carbons (Fsp3) is 0.319. The van der Waals surface area contributed by atoms with Crippen LogP contribution >= 0.6 is 23.2 Å². The molecule has 0 spiro atoms. The van der Waals surface area contributed by atoms with Gasteiger partial charge in [-0.3, -0.25) is 9.79 Å². The first kappa shape index (κ1) is 52.4. The Morgan fingerprint density at radius 2 is 1.22 bits per heavy atom. The Balaban J connectivity index is 0.000000343. The Hall–Kier alpha value is -5.90. The molecule has 0 bridgehead atoms. The lowest BCUT2D eigenvalue weighted by Gasteiger charge is -2.15. The Kier molecular flexibility index (Phi) is 20.3. The molecule has 0 saturated heterocycles. The first-order chi connectivity index (χ1) is 30.3. The van der Waals surface area contributed by atoms with Crippen LogP contribution in [0.2, 0.25) is 10.0 Å². The Morgan fingerprint density at radius 1 is 0.750 bits per heavy atom. The number of aliphatic hydroxyl groups is 2. The van der Waals surface area contributed by atoms with Crippen molar-refractivity contribution in [3.8, 4) is 11.5 Å². The summed E-state index contributed by atoms with van der Waals surface area (Å²) < 4.78 is 78.8. The van der Waals surface area contributed by atoms with E-state index >= 15 is 0 Å². The summed E-state index contributed by atoms with van der Waals surface area (Å²) in [5, 5.41) is 20.3. The van der Waals surface area contributed by atoms with E-state index in [-0.39, 0.29) is 93.5 Å². The molecule has 0 saturated carbocycles. The number of esters is 2. The van der Waals surface area contributed by atoms with Gasteiger partial charge in [0.1, 0.15) is 51.7 Å². The molecule has 0 fully saturated rings. The zero-order valence-corrected chi connectivity index (χ0v) is 38.0. The van der Waals surface area contributed by atoms with Gasteiger partial charge in [-0.1, -0.05) is 61.3 Å². The Bertz CT molecular complexity index is 2400. The Morgan fingerprint density at radius 3 is 1.66 bits per heavy atom. The molecular formula is C47H50Cl2F4N2O9. The number of methoxy groups -OCH3 is 2. The highest BCUT2D eigenvalue weighted by Gasteiger charge is 2.27. The average molecular weight is 934 g/mol. The fourth-order valence-corrected chi connectivity index (χ4v) is 6.36. The number of carbonyl (C=O) groups excluding carboxylic acids is 3. The van der Waals surface area contributed by atoms with Gasteiger partial charge in [0.2, 0.25) is 5.78 Å². The van der Waals surface area contributed by atoms with Crippen LogP contribution in [0, 0.1) is 29.2 Å². The number of ether oxygens (including phenoxy) is 4. The summed E-state index contributed by atoms with van der Waals surface area (Å²) in [6, 6.07) is 13.1. The number of ketones is 1. The zero-order valence-electron chi connectivity index (χ0n) is 36.5. The predicted molar refractivity (Wildman–Crippen MR) is 237 cm³/mol. The number of aliphatic hydroxyl groups excluding tert-OH is 2. The van der Waals surface area contributed by atoms with Crippen molar-refractivity contribution in [1.82, 2.24) is 4.90 Å². The summed E-state index contributed by atoms with van der Waals surface area (Å²) in [5.41, 5.74) is -0.191. The average Bonchev–Trinajstić information content (AvgIpc) is 3.25. The van der Waals surface area contributed by atoms with E-state index in [4.69, 9.17) is 42.1 Å². The van der Waals surface area contributed by atoms with Crippen LogP contribution in [0.3, 0.4) is 0 Å². The predicted octanol–water partition coefficient (Wildman–Crippen LogP) is 9.55. The van der Waals surface area contributed by atoms with Gasteiger partial charge in [-0.15, -0.1) is 0 Å². The molecule has 0 aliphatic carbocycles. The summed E-state index contributed by atoms with van der Waals surface area (Å²) in [5.74, 6) is -6.12. The van der Waals surface area contributed by atoms with E-state index in [1.165, 1.54) is 61.7 Å². The van der Waals surface area contributed by atoms with Crippen molar-refractivity contribution in [2.45, 2.75) is 46.6 Å². The van der Waals surface area contributed by atoms with E-state index < -0.39 is 52.8 Å². The number of nitrogens with zero attached hydrogens (tertiary/aromatic N) is 2. The molecule has 4 aromatic rings. The third kappa shape index (κ3) is 13.8. The fourth-order valence-electron chi connectivity index (χ4n) is 5.97. The molecule has 0 amide bonds. The third-order valence-electron chi connectivity index (χ3n) is 9.29. The van der Waals surface area contributed by atoms with Crippen molar-refractivity contribution in [3.05, 3.63) is 145 Å². The molecule has 4 aromatic carbocycles. The molecule has 0 aromatic heterocycles. The van der Waals surface area contributed by atoms with Crippen LogP contribution < -0.4 is 9.47 Å².